The van der Waals surface area contributed by atoms with Crippen molar-refractivity contribution in [1.29, 1.82) is 0 Å². The molecule has 0 unspecified atom stereocenters. The molecule has 0 aliphatic rings. The van der Waals surface area contributed by atoms with Gasteiger partial charge < -0.3 is 9.64 Å². The second kappa shape index (κ2) is 11.5. The predicted molar refractivity (Wildman–Crippen MR) is 99.6 cm³/mol. The molecule has 0 saturated carbocycles. The van der Waals surface area contributed by atoms with Crippen molar-refractivity contribution in [3.63, 3.8) is 0 Å². The summed E-state index contributed by atoms with van der Waals surface area (Å²) in [5.41, 5.74) is 0.537. The molecule has 0 aliphatic carbocycles. The molecule has 25 heavy (non-hydrogen) atoms. The van der Waals surface area contributed by atoms with Gasteiger partial charge in [-0.1, -0.05) is 36.5 Å². The zero-order valence-electron chi connectivity index (χ0n) is 14.8. The van der Waals surface area contributed by atoms with E-state index in [1.807, 2.05) is 13.8 Å². The van der Waals surface area contributed by atoms with Crippen LogP contribution in [0.15, 0.2) is 41.8 Å². The number of thioether (sulfide) groups is 1. The minimum Gasteiger partial charge on any atom is -0.461 e. The number of carbonyl (C=O) groups is 3. The third-order valence-corrected chi connectivity index (χ3v) is 4.52. The highest BCUT2D eigenvalue weighted by atomic mass is 32.2. The van der Waals surface area contributed by atoms with Crippen molar-refractivity contribution < 1.29 is 19.1 Å². The Hall–Kier alpha value is -2.08. The molecule has 1 aromatic carbocycles. The van der Waals surface area contributed by atoms with Gasteiger partial charge in [0.2, 0.25) is 0 Å². The van der Waals surface area contributed by atoms with Crippen LogP contribution in [-0.4, -0.2) is 41.6 Å². The molecule has 1 amide bonds. The number of nitrogens with zero attached hydrogens (tertiary/aromatic N) is 1. The molecule has 0 fully saturated rings. The summed E-state index contributed by atoms with van der Waals surface area (Å²) < 4.78 is 4.87. The lowest BCUT2D eigenvalue weighted by Gasteiger charge is -2.20. The number of amides is 1. The third kappa shape index (κ3) is 7.13. The Morgan fingerprint density at radius 2 is 1.84 bits per heavy atom. The highest BCUT2D eigenvalue weighted by Gasteiger charge is 2.18. The van der Waals surface area contributed by atoms with Crippen LogP contribution in [0.25, 0.3) is 0 Å². The Morgan fingerprint density at radius 3 is 2.48 bits per heavy atom. The van der Waals surface area contributed by atoms with Crippen LogP contribution in [0.3, 0.4) is 0 Å². The Balaban J connectivity index is 2.61. The third-order valence-electron chi connectivity index (χ3n) is 3.52. The van der Waals surface area contributed by atoms with E-state index in [-0.39, 0.29) is 36.4 Å². The smallest absolute Gasteiger partial charge is 0.306 e. The fourth-order valence-electron chi connectivity index (χ4n) is 2.19. The summed E-state index contributed by atoms with van der Waals surface area (Å²) in [6, 6.07) is 7.11. The van der Waals surface area contributed by atoms with Gasteiger partial charge in [-0.3, -0.25) is 14.4 Å². The summed E-state index contributed by atoms with van der Waals surface area (Å²) >= 11 is 1.05. The zero-order valence-corrected chi connectivity index (χ0v) is 15.6. The van der Waals surface area contributed by atoms with Crippen molar-refractivity contribution in [3.05, 3.63) is 42.5 Å². The highest BCUT2D eigenvalue weighted by Crippen LogP contribution is 2.26. The first-order chi connectivity index (χ1) is 12.0. The minimum absolute atomic E-state index is 0.0729. The van der Waals surface area contributed by atoms with Crippen LogP contribution in [0.2, 0.25) is 0 Å². The highest BCUT2D eigenvalue weighted by molar-refractivity contribution is 8.13. The number of hydrogen-bond acceptors (Lipinski definition) is 5. The molecular weight excluding hydrogens is 338 g/mol. The topological polar surface area (TPSA) is 63.7 Å². The fraction of sp³-hybridized carbons (Fsp3) is 0.421. The molecule has 0 N–H and O–H groups in total. The molecule has 0 bridgehead atoms. The molecule has 0 aliphatic heterocycles. The molecule has 0 radical (unpaired) electrons. The van der Waals surface area contributed by atoms with Crippen LogP contribution in [0.5, 0.6) is 0 Å². The lowest BCUT2D eigenvalue weighted by atomic mass is 10.2. The van der Waals surface area contributed by atoms with Gasteiger partial charge in [0, 0.05) is 30.8 Å². The lowest BCUT2D eigenvalue weighted by Crippen LogP contribution is -2.30. The quantitative estimate of drug-likeness (QED) is 0.360. The first-order valence-corrected chi connectivity index (χ1v) is 9.20. The average molecular weight is 363 g/mol. The van der Waals surface area contributed by atoms with Crippen LogP contribution in [0.1, 0.15) is 43.5 Å². The maximum Gasteiger partial charge on any atom is 0.306 e. The maximum absolute atomic E-state index is 12.5. The van der Waals surface area contributed by atoms with E-state index in [4.69, 9.17) is 4.74 Å². The van der Waals surface area contributed by atoms with E-state index in [2.05, 4.69) is 6.58 Å². The van der Waals surface area contributed by atoms with E-state index in [0.717, 1.165) is 11.8 Å². The Bertz CT molecular complexity index is 611. The van der Waals surface area contributed by atoms with Gasteiger partial charge in [-0.25, -0.2) is 0 Å². The second-order valence-corrected chi connectivity index (χ2v) is 6.37. The molecule has 0 atom stereocenters. The average Bonchev–Trinajstić information content (AvgIpc) is 2.61. The van der Waals surface area contributed by atoms with Crippen LogP contribution in [0.4, 0.5) is 0 Å². The summed E-state index contributed by atoms with van der Waals surface area (Å²) in [4.78, 5) is 38.5. The van der Waals surface area contributed by atoms with E-state index in [1.165, 1.54) is 6.08 Å². The van der Waals surface area contributed by atoms with Gasteiger partial charge in [-0.05, 0) is 32.4 Å². The number of rotatable bonds is 10. The maximum atomic E-state index is 12.5. The number of esters is 1. The Kier molecular flexibility index (Phi) is 9.62. The van der Waals surface area contributed by atoms with Gasteiger partial charge in [0.25, 0.3) is 5.91 Å². The first kappa shape index (κ1) is 21.0. The molecule has 6 heteroatoms. The lowest BCUT2D eigenvalue weighted by molar-refractivity contribution is -0.142. The van der Waals surface area contributed by atoms with Crippen molar-refractivity contribution in [1.82, 2.24) is 4.90 Å². The first-order valence-electron chi connectivity index (χ1n) is 8.38. The predicted octanol–water partition coefficient (Wildman–Crippen LogP) is 3.69. The van der Waals surface area contributed by atoms with Crippen LogP contribution in [0, 0.1) is 0 Å². The molecular formula is C19H25NO4S. The molecule has 5 nitrogen and oxygen atoms in total. The molecule has 0 heterocycles. The van der Waals surface area contributed by atoms with Crippen molar-refractivity contribution >= 4 is 28.8 Å². The molecule has 136 valence electrons. The Labute approximate surface area is 153 Å². The van der Waals surface area contributed by atoms with E-state index in [0.29, 0.717) is 30.0 Å². The summed E-state index contributed by atoms with van der Waals surface area (Å²) in [5.74, 6) is -0.413. The fourth-order valence-corrected chi connectivity index (χ4v) is 3.09. The summed E-state index contributed by atoms with van der Waals surface area (Å²) in [5, 5.41) is -0.0729. The van der Waals surface area contributed by atoms with Gasteiger partial charge in [0.1, 0.15) is 6.61 Å². The largest absolute Gasteiger partial charge is 0.461 e. The molecule has 1 rings (SSSR count). The van der Waals surface area contributed by atoms with Gasteiger partial charge in [-0.15, -0.1) is 0 Å². The van der Waals surface area contributed by atoms with E-state index in [1.54, 1.807) is 29.2 Å². The number of carbonyl (C=O) groups excluding carboxylic acids is 3. The summed E-state index contributed by atoms with van der Waals surface area (Å²) in [6.07, 6.45) is 2.37. The molecule has 0 spiro atoms. The zero-order chi connectivity index (χ0) is 18.7. The number of ether oxygens (including phenoxy) is 1. The summed E-state index contributed by atoms with van der Waals surface area (Å²) in [6.45, 7) is 8.74. The van der Waals surface area contributed by atoms with Gasteiger partial charge in [-0.2, -0.15) is 0 Å². The minimum atomic E-state index is -0.338. The monoisotopic (exact) mass is 363 g/mol. The van der Waals surface area contributed by atoms with Crippen LogP contribution < -0.4 is 0 Å². The Morgan fingerprint density at radius 1 is 1.16 bits per heavy atom. The number of hydrogen-bond donors (Lipinski definition) is 0. The van der Waals surface area contributed by atoms with Gasteiger partial charge >= 0.3 is 5.97 Å². The van der Waals surface area contributed by atoms with Gasteiger partial charge in [0.05, 0.1) is 5.56 Å². The van der Waals surface area contributed by atoms with Crippen LogP contribution >= 0.6 is 11.8 Å². The summed E-state index contributed by atoms with van der Waals surface area (Å²) in [7, 11) is 0. The van der Waals surface area contributed by atoms with Crippen molar-refractivity contribution in [2.75, 3.05) is 19.7 Å². The standard InChI is InChI=1S/C19H25NO4S/c1-4-14-24-17(21)12-9-13-18(22)25-16-11-8-7-10-15(16)19(23)20(5-2)6-3/h4,7-8,10-11H,1,5-6,9,12-14H2,2-3H3. The van der Waals surface area contributed by atoms with Crippen molar-refractivity contribution in [2.24, 2.45) is 0 Å². The number of benzene rings is 1. The molecule has 0 aromatic heterocycles. The van der Waals surface area contributed by atoms with Crippen LogP contribution in [-0.2, 0) is 14.3 Å². The van der Waals surface area contributed by atoms with Gasteiger partial charge in [0.15, 0.2) is 5.12 Å². The van der Waals surface area contributed by atoms with E-state index < -0.39 is 0 Å². The van der Waals surface area contributed by atoms with Crippen molar-refractivity contribution in [3.8, 4) is 0 Å². The molecule has 0 saturated heterocycles. The second-order valence-electron chi connectivity index (χ2n) is 5.27. The normalized spacial score (nSPS) is 10.2. The van der Waals surface area contributed by atoms with E-state index >= 15 is 0 Å². The SMILES string of the molecule is C=CCOC(=O)CCCC(=O)Sc1ccccc1C(=O)N(CC)CC. The molecule has 1 aromatic rings. The van der Waals surface area contributed by atoms with E-state index in [9.17, 15) is 14.4 Å². The van der Waals surface area contributed by atoms with Crippen molar-refractivity contribution in [2.45, 2.75) is 38.0 Å².